The molecule has 0 atom stereocenters. The zero-order chi connectivity index (χ0) is 20.5. The van der Waals surface area contributed by atoms with Crippen molar-refractivity contribution in [2.75, 3.05) is 0 Å². The lowest BCUT2D eigenvalue weighted by Crippen LogP contribution is -2.40. The van der Waals surface area contributed by atoms with Crippen molar-refractivity contribution in [1.29, 1.82) is 0 Å². The van der Waals surface area contributed by atoms with Gasteiger partial charge in [-0.2, -0.15) is 4.98 Å². The molecular weight excluding hydrogens is 388 g/mol. The summed E-state index contributed by atoms with van der Waals surface area (Å²) >= 11 is 6.05. The zero-order valence-electron chi connectivity index (χ0n) is 16.6. The molecule has 0 unspecified atom stereocenters. The maximum atomic E-state index is 12.4. The lowest BCUT2D eigenvalue weighted by molar-refractivity contribution is -0.648. The first-order chi connectivity index (χ1) is 13.9. The lowest BCUT2D eigenvalue weighted by Gasteiger charge is -2.12. The molecule has 1 aromatic carbocycles. The summed E-state index contributed by atoms with van der Waals surface area (Å²) in [6.07, 6.45) is 7.76. The summed E-state index contributed by atoms with van der Waals surface area (Å²) in [4.78, 5) is 33.9. The van der Waals surface area contributed by atoms with Gasteiger partial charge in [0.15, 0.2) is 5.52 Å². The molecule has 0 bridgehead atoms. The Kier molecular flexibility index (Phi) is 5.37. The first-order valence-electron chi connectivity index (χ1n) is 9.96. The highest BCUT2D eigenvalue weighted by Crippen LogP contribution is 2.24. The predicted octanol–water partition coefficient (Wildman–Crippen LogP) is 3.80. The van der Waals surface area contributed by atoms with Crippen molar-refractivity contribution < 1.29 is 4.57 Å². The Hall–Kier alpha value is -2.73. The molecule has 6 nitrogen and oxygen atoms in total. The third-order valence-electron chi connectivity index (χ3n) is 5.42. The molecule has 0 saturated heterocycles. The van der Waals surface area contributed by atoms with E-state index in [-0.39, 0.29) is 5.52 Å². The first kappa shape index (κ1) is 19.6. The SMILES string of the molecule is CC(C)c1ccc2c(c1)nc1c(=O)[nH]c(=O)[nH]c1[n+]2CCCC1=CC=C(Cl)CC1. The molecule has 0 fully saturated rings. The van der Waals surface area contributed by atoms with E-state index in [0.717, 1.165) is 47.3 Å². The second-order valence-corrected chi connectivity index (χ2v) is 8.30. The number of H-pyrrole nitrogens is 2. The van der Waals surface area contributed by atoms with Gasteiger partial charge in [0.2, 0.25) is 5.52 Å². The number of allylic oxidation sites excluding steroid dienone is 4. The highest BCUT2D eigenvalue weighted by atomic mass is 35.5. The lowest BCUT2D eigenvalue weighted by atomic mass is 10.0. The molecule has 0 spiro atoms. The highest BCUT2D eigenvalue weighted by Gasteiger charge is 2.19. The van der Waals surface area contributed by atoms with Crippen LogP contribution in [0.4, 0.5) is 0 Å². The van der Waals surface area contributed by atoms with Gasteiger partial charge in [0, 0.05) is 5.03 Å². The van der Waals surface area contributed by atoms with Gasteiger partial charge in [-0.1, -0.05) is 43.2 Å². The van der Waals surface area contributed by atoms with E-state index in [1.54, 1.807) is 0 Å². The number of halogens is 1. The number of benzene rings is 1. The van der Waals surface area contributed by atoms with Gasteiger partial charge >= 0.3 is 11.3 Å². The summed E-state index contributed by atoms with van der Waals surface area (Å²) in [7, 11) is 0. The van der Waals surface area contributed by atoms with Crippen LogP contribution < -0.4 is 15.8 Å². The molecule has 2 aromatic heterocycles. The van der Waals surface area contributed by atoms with E-state index >= 15 is 0 Å². The van der Waals surface area contributed by atoms with Crippen LogP contribution in [0.5, 0.6) is 0 Å². The van der Waals surface area contributed by atoms with E-state index in [2.05, 4.69) is 40.9 Å². The van der Waals surface area contributed by atoms with Gasteiger partial charge in [-0.15, -0.1) is 0 Å². The zero-order valence-corrected chi connectivity index (χ0v) is 17.3. The Bertz CT molecular complexity index is 1270. The number of nitrogens with zero attached hydrogens (tertiary/aromatic N) is 2. The van der Waals surface area contributed by atoms with Gasteiger partial charge in [-0.25, -0.2) is 14.3 Å². The number of hydrogen-bond acceptors (Lipinski definition) is 3. The van der Waals surface area contributed by atoms with Gasteiger partial charge in [0.1, 0.15) is 5.52 Å². The topological polar surface area (TPSA) is 82.5 Å². The Morgan fingerprint density at radius 2 is 2.00 bits per heavy atom. The van der Waals surface area contributed by atoms with Crippen LogP contribution in [-0.4, -0.2) is 15.0 Å². The van der Waals surface area contributed by atoms with Gasteiger partial charge in [0.05, 0.1) is 6.54 Å². The summed E-state index contributed by atoms with van der Waals surface area (Å²) in [5.41, 5.74) is 3.92. The van der Waals surface area contributed by atoms with Crippen LogP contribution in [0.1, 0.15) is 51.0 Å². The molecule has 29 heavy (non-hydrogen) atoms. The number of rotatable bonds is 5. The smallest absolute Gasteiger partial charge is 0.267 e. The molecular formula is C22H24ClN4O2+. The molecule has 0 amide bonds. The largest absolute Gasteiger partial charge is 0.413 e. The standard InChI is InChI=1S/C22H23ClN4O2/c1-13(2)15-7-10-18-17(12-15)24-19-20(25-22(29)26-21(19)28)27(18)11-3-4-14-5-8-16(23)9-6-14/h5,7-8,10,12-13H,3-4,6,9,11H2,1-2H3,(H,26,28,29)/p+1. The maximum absolute atomic E-state index is 12.4. The minimum atomic E-state index is -0.522. The van der Waals surface area contributed by atoms with Crippen LogP contribution in [0.2, 0.25) is 0 Å². The molecule has 7 heteroatoms. The molecule has 3 aromatic rings. The van der Waals surface area contributed by atoms with Crippen molar-refractivity contribution >= 4 is 33.8 Å². The summed E-state index contributed by atoms with van der Waals surface area (Å²) in [5, 5.41) is 0.895. The van der Waals surface area contributed by atoms with Crippen LogP contribution in [0, 0.1) is 0 Å². The second kappa shape index (κ2) is 7.95. The third kappa shape index (κ3) is 4.03. The fourth-order valence-corrected chi connectivity index (χ4v) is 3.94. The fourth-order valence-electron chi connectivity index (χ4n) is 3.78. The molecule has 0 aliphatic heterocycles. The summed E-state index contributed by atoms with van der Waals surface area (Å²) in [5.74, 6) is 0.359. The van der Waals surface area contributed by atoms with Crippen molar-refractivity contribution in [3.05, 3.63) is 67.4 Å². The molecule has 1 aliphatic rings. The summed E-state index contributed by atoms with van der Waals surface area (Å²) in [6.45, 7) is 4.92. The molecule has 150 valence electrons. The van der Waals surface area contributed by atoms with Crippen molar-refractivity contribution in [1.82, 2.24) is 15.0 Å². The average molecular weight is 412 g/mol. The van der Waals surface area contributed by atoms with Gasteiger partial charge in [-0.3, -0.25) is 9.78 Å². The van der Waals surface area contributed by atoms with Crippen LogP contribution in [0.25, 0.3) is 22.2 Å². The molecule has 0 radical (unpaired) electrons. The van der Waals surface area contributed by atoms with Crippen LogP contribution in [-0.2, 0) is 6.54 Å². The van der Waals surface area contributed by atoms with Crippen molar-refractivity contribution in [3.8, 4) is 0 Å². The Morgan fingerprint density at radius 1 is 1.17 bits per heavy atom. The summed E-state index contributed by atoms with van der Waals surface area (Å²) < 4.78 is 2.00. The highest BCUT2D eigenvalue weighted by molar-refractivity contribution is 6.29. The van der Waals surface area contributed by atoms with E-state index in [1.807, 2.05) is 22.8 Å². The molecule has 0 saturated carbocycles. The first-order valence-corrected chi connectivity index (χ1v) is 10.3. The van der Waals surface area contributed by atoms with E-state index < -0.39 is 11.2 Å². The average Bonchev–Trinajstić information content (AvgIpc) is 2.69. The molecule has 4 rings (SSSR count). The Balaban J connectivity index is 1.78. The van der Waals surface area contributed by atoms with Crippen molar-refractivity contribution in [2.24, 2.45) is 0 Å². The number of aromatic nitrogens is 4. The van der Waals surface area contributed by atoms with E-state index in [4.69, 9.17) is 11.6 Å². The van der Waals surface area contributed by atoms with Gasteiger partial charge in [-0.05, 0) is 55.4 Å². The Labute approximate surface area is 173 Å². The number of hydrogen-bond donors (Lipinski definition) is 2. The van der Waals surface area contributed by atoms with E-state index in [1.165, 1.54) is 5.57 Å². The van der Waals surface area contributed by atoms with Crippen molar-refractivity contribution in [3.63, 3.8) is 0 Å². The van der Waals surface area contributed by atoms with Crippen molar-refractivity contribution in [2.45, 2.75) is 52.0 Å². The summed E-state index contributed by atoms with van der Waals surface area (Å²) in [6, 6.07) is 6.13. The Morgan fingerprint density at radius 3 is 2.72 bits per heavy atom. The number of nitrogens with one attached hydrogen (secondary N) is 2. The minimum Gasteiger partial charge on any atom is -0.267 e. The van der Waals surface area contributed by atoms with Gasteiger partial charge in [0.25, 0.3) is 5.56 Å². The fraction of sp³-hybridized carbons (Fsp3) is 0.364. The normalized spacial score (nSPS) is 14.5. The number of aryl methyl sites for hydroxylation is 1. The molecule has 1 aliphatic carbocycles. The van der Waals surface area contributed by atoms with Crippen LogP contribution >= 0.6 is 11.6 Å². The monoisotopic (exact) mass is 411 g/mol. The minimum absolute atomic E-state index is 0.254. The maximum Gasteiger partial charge on any atom is 0.413 e. The van der Waals surface area contributed by atoms with E-state index in [9.17, 15) is 9.59 Å². The number of fused-ring (bicyclic) bond motifs is 2. The molecule has 2 heterocycles. The van der Waals surface area contributed by atoms with Crippen LogP contribution in [0.15, 0.2) is 50.5 Å². The third-order valence-corrected chi connectivity index (χ3v) is 5.74. The quantitative estimate of drug-likeness (QED) is 0.494. The second-order valence-electron chi connectivity index (χ2n) is 7.81. The van der Waals surface area contributed by atoms with E-state index in [0.29, 0.717) is 18.1 Å². The predicted molar refractivity (Wildman–Crippen MR) is 115 cm³/mol. The molecule has 2 N–H and O–H groups in total. The van der Waals surface area contributed by atoms with Gasteiger partial charge < -0.3 is 0 Å². The number of aromatic amines is 2. The van der Waals surface area contributed by atoms with Crippen LogP contribution in [0.3, 0.4) is 0 Å².